The first kappa shape index (κ1) is 22.8. The van der Waals surface area contributed by atoms with E-state index in [2.05, 4.69) is 0 Å². The number of anilines is 2. The number of rotatable bonds is 4. The molecule has 160 valence electrons. The summed E-state index contributed by atoms with van der Waals surface area (Å²) in [7, 11) is -0.750. The second-order valence-electron chi connectivity index (χ2n) is 6.47. The molecule has 0 atom stereocenters. The Morgan fingerprint density at radius 3 is 1.58 bits per heavy atom. The predicted octanol–water partition coefficient (Wildman–Crippen LogP) is 5.44. The molecule has 6 N–H and O–H groups in total. The molecule has 0 fully saturated rings. The van der Waals surface area contributed by atoms with Crippen LogP contribution in [0.3, 0.4) is 0 Å². The van der Waals surface area contributed by atoms with E-state index in [4.69, 9.17) is 16.0 Å². The van der Waals surface area contributed by atoms with Crippen molar-refractivity contribution in [2.75, 3.05) is 11.5 Å². The minimum absolute atomic E-state index is 0.113. The van der Waals surface area contributed by atoms with Gasteiger partial charge in [-0.3, -0.25) is 4.55 Å². The Bertz CT molecular complexity index is 1230. The smallest absolute Gasteiger partial charge is 0.294 e. The molecular formula is C22H20N2O4S3. The van der Waals surface area contributed by atoms with E-state index in [-0.39, 0.29) is 10.6 Å². The Labute approximate surface area is 188 Å². The SMILES string of the molecule is Nc1ccc(SSc2ccc(N)cc2)cc1.O=S(=O)(O)c1ccc2cc(O)ccc2c1. The number of nitrogens with two attached hydrogens (primary N) is 2. The van der Waals surface area contributed by atoms with Crippen molar-refractivity contribution < 1.29 is 18.1 Å². The van der Waals surface area contributed by atoms with E-state index in [9.17, 15) is 13.5 Å². The molecule has 0 saturated carbocycles. The molecule has 0 radical (unpaired) electrons. The highest BCUT2D eigenvalue weighted by atomic mass is 33.1. The van der Waals surface area contributed by atoms with Gasteiger partial charge < -0.3 is 16.6 Å². The van der Waals surface area contributed by atoms with Gasteiger partial charge in [0, 0.05) is 21.2 Å². The molecule has 0 heterocycles. The number of fused-ring (bicyclic) bond motifs is 1. The summed E-state index contributed by atoms with van der Waals surface area (Å²) in [6.07, 6.45) is 0. The number of nitrogen functional groups attached to an aromatic ring is 2. The van der Waals surface area contributed by atoms with E-state index in [0.717, 1.165) is 11.4 Å². The van der Waals surface area contributed by atoms with Gasteiger partial charge in [0.25, 0.3) is 10.1 Å². The van der Waals surface area contributed by atoms with Gasteiger partial charge in [-0.25, -0.2) is 0 Å². The van der Waals surface area contributed by atoms with Crippen LogP contribution in [0.2, 0.25) is 0 Å². The molecule has 0 aliphatic carbocycles. The maximum absolute atomic E-state index is 10.8. The van der Waals surface area contributed by atoms with Crippen LogP contribution in [-0.4, -0.2) is 18.1 Å². The zero-order chi connectivity index (χ0) is 22.4. The maximum atomic E-state index is 10.8. The van der Waals surface area contributed by atoms with Crippen molar-refractivity contribution >= 4 is 53.9 Å². The van der Waals surface area contributed by atoms with Gasteiger partial charge in [0.1, 0.15) is 5.75 Å². The van der Waals surface area contributed by atoms with Gasteiger partial charge in [-0.05, 0) is 83.6 Å². The highest BCUT2D eigenvalue weighted by Crippen LogP contribution is 2.37. The standard InChI is InChI=1S/C12H12N2S2.C10H8O4S/c13-9-1-5-11(6-2-9)15-16-12-7-3-10(14)4-8-12;11-9-3-1-8-6-10(15(12,13)14)4-2-7(8)5-9/h1-8H,13-14H2;1-6,11H,(H,12,13,14). The Hall–Kier alpha value is -2.85. The number of phenols is 1. The quantitative estimate of drug-likeness (QED) is 0.176. The normalized spacial score (nSPS) is 11.0. The molecule has 0 amide bonds. The molecule has 0 aromatic heterocycles. The van der Waals surface area contributed by atoms with Crippen molar-refractivity contribution in [3.05, 3.63) is 84.9 Å². The predicted molar refractivity (Wildman–Crippen MR) is 129 cm³/mol. The van der Waals surface area contributed by atoms with Crippen LogP contribution < -0.4 is 11.5 Å². The fraction of sp³-hybridized carbons (Fsp3) is 0. The zero-order valence-corrected chi connectivity index (χ0v) is 18.6. The molecule has 4 rings (SSSR count). The largest absolute Gasteiger partial charge is 0.508 e. The van der Waals surface area contributed by atoms with Crippen molar-refractivity contribution in [3.63, 3.8) is 0 Å². The number of hydrogen-bond donors (Lipinski definition) is 4. The topological polar surface area (TPSA) is 127 Å². The summed E-state index contributed by atoms with van der Waals surface area (Å²) in [4.78, 5) is 2.23. The maximum Gasteiger partial charge on any atom is 0.294 e. The van der Waals surface area contributed by atoms with E-state index in [1.165, 1.54) is 40.1 Å². The molecule has 4 aromatic carbocycles. The Morgan fingerprint density at radius 2 is 1.10 bits per heavy atom. The second-order valence-corrected chi connectivity index (χ2v) is 10.2. The van der Waals surface area contributed by atoms with E-state index in [0.29, 0.717) is 10.8 Å². The summed E-state index contributed by atoms with van der Waals surface area (Å²) in [5.74, 6) is 0.113. The Kier molecular flexibility index (Phi) is 7.34. The lowest BCUT2D eigenvalue weighted by molar-refractivity contribution is 0.476. The van der Waals surface area contributed by atoms with Crippen molar-refractivity contribution in [1.29, 1.82) is 0 Å². The molecule has 0 spiro atoms. The van der Waals surface area contributed by atoms with Gasteiger partial charge >= 0.3 is 0 Å². The number of benzene rings is 4. The molecule has 6 nitrogen and oxygen atoms in total. The number of aromatic hydroxyl groups is 1. The first-order chi connectivity index (χ1) is 14.7. The van der Waals surface area contributed by atoms with Gasteiger partial charge in [0.15, 0.2) is 0 Å². The molecule has 0 aliphatic heterocycles. The lowest BCUT2D eigenvalue weighted by Crippen LogP contribution is -1.97. The second kappa shape index (κ2) is 9.97. The van der Waals surface area contributed by atoms with Crippen molar-refractivity contribution in [2.24, 2.45) is 0 Å². The molecule has 9 heteroatoms. The van der Waals surface area contributed by atoms with Crippen LogP contribution in [0.4, 0.5) is 11.4 Å². The molecule has 4 aromatic rings. The fourth-order valence-corrected chi connectivity index (χ4v) is 4.96. The van der Waals surface area contributed by atoms with Crippen molar-refractivity contribution in [2.45, 2.75) is 14.7 Å². The summed E-state index contributed by atoms with van der Waals surface area (Å²) in [5.41, 5.74) is 12.8. The summed E-state index contributed by atoms with van der Waals surface area (Å²) < 4.78 is 30.5. The van der Waals surface area contributed by atoms with Gasteiger partial charge in [-0.1, -0.05) is 33.7 Å². The van der Waals surface area contributed by atoms with Crippen molar-refractivity contribution in [3.8, 4) is 5.75 Å². The number of hydrogen-bond acceptors (Lipinski definition) is 7. The van der Waals surface area contributed by atoms with Gasteiger partial charge in [-0.15, -0.1) is 0 Å². The zero-order valence-electron chi connectivity index (χ0n) is 16.2. The van der Waals surface area contributed by atoms with E-state index >= 15 is 0 Å². The highest BCUT2D eigenvalue weighted by Gasteiger charge is 2.09. The van der Waals surface area contributed by atoms with Gasteiger partial charge in [0.05, 0.1) is 4.90 Å². The highest BCUT2D eigenvalue weighted by molar-refractivity contribution is 8.76. The Morgan fingerprint density at radius 1 is 0.645 bits per heavy atom. The average molecular weight is 473 g/mol. The van der Waals surface area contributed by atoms with Crippen LogP contribution in [0.1, 0.15) is 0 Å². The molecular weight excluding hydrogens is 452 g/mol. The van der Waals surface area contributed by atoms with Gasteiger partial charge in [0.2, 0.25) is 0 Å². The minimum atomic E-state index is -4.17. The molecule has 0 unspecified atom stereocenters. The van der Waals surface area contributed by atoms with Gasteiger partial charge in [-0.2, -0.15) is 8.42 Å². The van der Waals surface area contributed by atoms with Crippen molar-refractivity contribution in [1.82, 2.24) is 0 Å². The molecule has 0 aliphatic rings. The summed E-state index contributed by atoms with van der Waals surface area (Å²) in [6, 6.07) is 24.4. The average Bonchev–Trinajstić information content (AvgIpc) is 2.74. The van der Waals surface area contributed by atoms with Crippen LogP contribution >= 0.6 is 21.6 Å². The van der Waals surface area contributed by atoms with E-state index in [1.807, 2.05) is 48.5 Å². The first-order valence-corrected chi connectivity index (χ1v) is 12.6. The van der Waals surface area contributed by atoms with Crippen LogP contribution in [0.5, 0.6) is 5.75 Å². The first-order valence-electron chi connectivity index (χ1n) is 8.96. The van der Waals surface area contributed by atoms with Crippen LogP contribution in [0.25, 0.3) is 10.8 Å². The summed E-state index contributed by atoms with van der Waals surface area (Å²) >= 11 is 0. The monoisotopic (exact) mass is 472 g/mol. The van der Waals surface area contributed by atoms with Crippen LogP contribution in [-0.2, 0) is 10.1 Å². The van der Waals surface area contributed by atoms with Crippen LogP contribution in [0, 0.1) is 0 Å². The van der Waals surface area contributed by atoms with E-state index < -0.39 is 10.1 Å². The summed E-state index contributed by atoms with van der Waals surface area (Å²) in [6.45, 7) is 0. The third-order valence-electron chi connectivity index (χ3n) is 4.09. The van der Waals surface area contributed by atoms with Crippen LogP contribution in [0.15, 0.2) is 99.6 Å². The minimum Gasteiger partial charge on any atom is -0.508 e. The summed E-state index contributed by atoms with van der Waals surface area (Å²) in [5, 5.41) is 10.5. The lowest BCUT2D eigenvalue weighted by atomic mass is 10.1. The lowest BCUT2D eigenvalue weighted by Gasteiger charge is -2.02. The third kappa shape index (κ3) is 6.83. The molecule has 0 bridgehead atoms. The fourth-order valence-electron chi connectivity index (χ4n) is 2.51. The third-order valence-corrected chi connectivity index (χ3v) is 7.35. The number of phenolic OH excluding ortho intramolecular Hbond substituents is 1. The molecule has 0 saturated heterocycles. The van der Waals surface area contributed by atoms with E-state index in [1.54, 1.807) is 27.7 Å². The Balaban J connectivity index is 0.000000176. The molecule has 31 heavy (non-hydrogen) atoms.